The summed E-state index contributed by atoms with van der Waals surface area (Å²) < 4.78 is 0. The van der Waals surface area contributed by atoms with Crippen LogP contribution in [0.5, 0.6) is 0 Å². The lowest BCUT2D eigenvalue weighted by Gasteiger charge is -2.25. The number of benzene rings is 1. The lowest BCUT2D eigenvalue weighted by atomic mass is 9.87. The van der Waals surface area contributed by atoms with E-state index >= 15 is 0 Å². The van der Waals surface area contributed by atoms with Gasteiger partial charge in [-0.05, 0) is 49.3 Å². The summed E-state index contributed by atoms with van der Waals surface area (Å²) >= 11 is 0. The largest absolute Gasteiger partial charge is 0.393 e. The first-order chi connectivity index (χ1) is 10.2. The number of aliphatic hydroxyl groups is 1. The number of rotatable bonds is 5. The summed E-state index contributed by atoms with van der Waals surface area (Å²) in [5.74, 6) is 0.465. The molecule has 1 aliphatic rings. The molecule has 1 fully saturated rings. The molecule has 0 saturated heterocycles. The molecule has 0 heterocycles. The molecular weight excluding hydrogens is 264 g/mol. The van der Waals surface area contributed by atoms with E-state index in [0.717, 1.165) is 31.2 Å². The molecule has 1 amide bonds. The van der Waals surface area contributed by atoms with Gasteiger partial charge >= 0.3 is 0 Å². The second kappa shape index (κ2) is 7.80. The van der Waals surface area contributed by atoms with Crippen LogP contribution in [-0.2, 0) is 11.2 Å². The van der Waals surface area contributed by atoms with Crippen molar-refractivity contribution in [2.24, 2.45) is 5.92 Å². The number of hydrogen-bond donors (Lipinski definition) is 2. The van der Waals surface area contributed by atoms with Crippen molar-refractivity contribution in [2.45, 2.75) is 44.6 Å². The molecule has 2 unspecified atom stereocenters. The van der Waals surface area contributed by atoms with Crippen molar-refractivity contribution in [1.29, 1.82) is 5.26 Å². The first-order valence-corrected chi connectivity index (χ1v) is 7.61. The smallest absolute Gasteiger partial charge is 0.220 e. The third-order valence-corrected chi connectivity index (χ3v) is 4.07. The molecule has 2 rings (SSSR count). The number of carbonyl (C=O) groups is 1. The van der Waals surface area contributed by atoms with E-state index in [-0.39, 0.29) is 12.0 Å². The molecule has 2 atom stereocenters. The third kappa shape index (κ3) is 5.20. The van der Waals surface area contributed by atoms with Crippen LogP contribution < -0.4 is 5.32 Å². The van der Waals surface area contributed by atoms with Gasteiger partial charge in [-0.3, -0.25) is 4.79 Å². The van der Waals surface area contributed by atoms with Gasteiger partial charge in [0.15, 0.2) is 0 Å². The number of nitrogens with zero attached hydrogens (tertiary/aromatic N) is 1. The van der Waals surface area contributed by atoms with Crippen LogP contribution in [0.15, 0.2) is 24.3 Å². The first kappa shape index (κ1) is 15.5. The average molecular weight is 286 g/mol. The fourth-order valence-electron chi connectivity index (χ4n) is 2.80. The maximum Gasteiger partial charge on any atom is 0.220 e. The summed E-state index contributed by atoms with van der Waals surface area (Å²) in [6.07, 6.45) is 4.78. The Bertz CT molecular complexity index is 505. The van der Waals surface area contributed by atoms with Gasteiger partial charge in [-0.2, -0.15) is 5.26 Å². The quantitative estimate of drug-likeness (QED) is 0.871. The molecule has 1 aliphatic carbocycles. The highest BCUT2D eigenvalue weighted by Crippen LogP contribution is 2.23. The summed E-state index contributed by atoms with van der Waals surface area (Å²) in [4.78, 5) is 11.8. The van der Waals surface area contributed by atoms with Crippen LogP contribution in [0.1, 0.15) is 43.2 Å². The number of amides is 1. The van der Waals surface area contributed by atoms with Gasteiger partial charge in [-0.25, -0.2) is 0 Å². The van der Waals surface area contributed by atoms with Gasteiger partial charge in [0.1, 0.15) is 0 Å². The summed E-state index contributed by atoms with van der Waals surface area (Å²) in [5, 5.41) is 21.3. The van der Waals surface area contributed by atoms with E-state index in [1.54, 1.807) is 12.1 Å². The van der Waals surface area contributed by atoms with E-state index in [4.69, 9.17) is 5.26 Å². The average Bonchev–Trinajstić information content (AvgIpc) is 2.51. The Morgan fingerprint density at radius 3 is 2.76 bits per heavy atom. The number of nitrogens with one attached hydrogen (secondary N) is 1. The van der Waals surface area contributed by atoms with Crippen molar-refractivity contribution in [3.63, 3.8) is 0 Å². The van der Waals surface area contributed by atoms with Crippen molar-refractivity contribution in [1.82, 2.24) is 5.32 Å². The van der Waals surface area contributed by atoms with Crippen LogP contribution in [0.3, 0.4) is 0 Å². The Hall–Kier alpha value is -1.86. The van der Waals surface area contributed by atoms with Crippen LogP contribution in [-0.4, -0.2) is 23.7 Å². The van der Waals surface area contributed by atoms with Gasteiger partial charge in [0.2, 0.25) is 5.91 Å². The van der Waals surface area contributed by atoms with Gasteiger partial charge in [0.05, 0.1) is 17.7 Å². The van der Waals surface area contributed by atoms with Gasteiger partial charge < -0.3 is 10.4 Å². The molecule has 112 valence electrons. The fraction of sp³-hybridized carbons (Fsp3) is 0.529. The van der Waals surface area contributed by atoms with Gasteiger partial charge in [0, 0.05) is 13.0 Å². The minimum Gasteiger partial charge on any atom is -0.393 e. The Balaban J connectivity index is 1.68. The molecule has 0 bridgehead atoms. The second-order valence-corrected chi connectivity index (χ2v) is 5.80. The Labute approximate surface area is 125 Å². The fourth-order valence-corrected chi connectivity index (χ4v) is 2.80. The van der Waals surface area contributed by atoms with Crippen LogP contribution >= 0.6 is 0 Å². The monoisotopic (exact) mass is 286 g/mol. The van der Waals surface area contributed by atoms with Gasteiger partial charge in [-0.15, -0.1) is 0 Å². The molecule has 2 N–H and O–H groups in total. The maximum absolute atomic E-state index is 11.8. The summed E-state index contributed by atoms with van der Waals surface area (Å²) in [5.41, 5.74) is 1.70. The van der Waals surface area contributed by atoms with Crippen molar-refractivity contribution < 1.29 is 9.90 Å². The summed E-state index contributed by atoms with van der Waals surface area (Å²) in [6.45, 7) is 0.670. The number of nitriles is 1. The Kier molecular flexibility index (Phi) is 5.77. The minimum absolute atomic E-state index is 0.0550. The minimum atomic E-state index is -0.195. The van der Waals surface area contributed by atoms with Crippen LogP contribution in [0.4, 0.5) is 0 Å². The molecule has 0 aromatic heterocycles. The summed E-state index contributed by atoms with van der Waals surface area (Å²) in [7, 11) is 0. The van der Waals surface area contributed by atoms with Gasteiger partial charge in [0.25, 0.3) is 0 Å². The van der Waals surface area contributed by atoms with Gasteiger partial charge in [-0.1, -0.05) is 18.6 Å². The lowest BCUT2D eigenvalue weighted by molar-refractivity contribution is -0.121. The zero-order chi connectivity index (χ0) is 15.1. The van der Waals surface area contributed by atoms with Crippen LogP contribution in [0.2, 0.25) is 0 Å². The molecule has 1 aromatic carbocycles. The van der Waals surface area contributed by atoms with Crippen molar-refractivity contribution in [3.8, 4) is 6.07 Å². The number of aliphatic hydroxyl groups excluding tert-OH is 1. The molecule has 0 aliphatic heterocycles. The number of aryl methyl sites for hydroxylation is 1. The second-order valence-electron chi connectivity index (χ2n) is 5.80. The maximum atomic E-state index is 11.8. The van der Waals surface area contributed by atoms with Crippen LogP contribution in [0, 0.1) is 17.2 Å². The topological polar surface area (TPSA) is 73.1 Å². The normalized spacial score (nSPS) is 21.5. The summed E-state index contributed by atoms with van der Waals surface area (Å²) in [6, 6.07) is 9.41. The number of hydrogen-bond acceptors (Lipinski definition) is 3. The van der Waals surface area contributed by atoms with E-state index in [1.165, 1.54) is 0 Å². The molecule has 0 radical (unpaired) electrons. The Morgan fingerprint density at radius 1 is 1.33 bits per heavy atom. The van der Waals surface area contributed by atoms with Crippen molar-refractivity contribution >= 4 is 5.91 Å². The number of carbonyl (C=O) groups excluding carboxylic acids is 1. The molecule has 0 spiro atoms. The Morgan fingerprint density at radius 2 is 2.10 bits per heavy atom. The zero-order valence-corrected chi connectivity index (χ0v) is 12.2. The SMILES string of the molecule is N#Cc1ccc(CCC(=O)NCC2CCCC(O)C2)cc1. The predicted molar refractivity (Wildman–Crippen MR) is 80.5 cm³/mol. The van der Waals surface area contributed by atoms with Crippen molar-refractivity contribution in [2.75, 3.05) is 6.54 Å². The molecule has 4 nitrogen and oxygen atoms in total. The molecular formula is C17H22N2O2. The highest BCUT2D eigenvalue weighted by Gasteiger charge is 2.20. The molecule has 21 heavy (non-hydrogen) atoms. The van der Waals surface area contributed by atoms with E-state index < -0.39 is 0 Å². The zero-order valence-electron chi connectivity index (χ0n) is 12.2. The molecule has 4 heteroatoms. The van der Waals surface area contributed by atoms with E-state index in [0.29, 0.717) is 30.9 Å². The molecule has 1 aromatic rings. The third-order valence-electron chi connectivity index (χ3n) is 4.07. The standard InChI is InChI=1S/C17H22N2O2/c18-11-14-6-4-13(5-7-14)8-9-17(21)19-12-15-2-1-3-16(20)10-15/h4-7,15-16,20H,1-3,8-10,12H2,(H,19,21). The first-order valence-electron chi connectivity index (χ1n) is 7.61. The lowest BCUT2D eigenvalue weighted by Crippen LogP contribution is -2.33. The van der Waals surface area contributed by atoms with E-state index in [2.05, 4.69) is 11.4 Å². The van der Waals surface area contributed by atoms with E-state index in [1.807, 2.05) is 12.1 Å². The predicted octanol–water partition coefficient (Wildman–Crippen LogP) is 2.16. The van der Waals surface area contributed by atoms with Crippen molar-refractivity contribution in [3.05, 3.63) is 35.4 Å². The van der Waals surface area contributed by atoms with E-state index in [9.17, 15) is 9.90 Å². The highest BCUT2D eigenvalue weighted by molar-refractivity contribution is 5.76. The molecule has 1 saturated carbocycles. The highest BCUT2D eigenvalue weighted by atomic mass is 16.3. The van der Waals surface area contributed by atoms with Crippen LogP contribution in [0.25, 0.3) is 0 Å².